The minimum atomic E-state index is -0.993. The highest BCUT2D eigenvalue weighted by Crippen LogP contribution is 2.29. The van der Waals surface area contributed by atoms with E-state index in [4.69, 9.17) is 39.5 Å². The summed E-state index contributed by atoms with van der Waals surface area (Å²) >= 11 is 17.9. The van der Waals surface area contributed by atoms with Gasteiger partial charge in [0.25, 0.3) is 0 Å². The topological polar surface area (TPSA) is 96.9 Å². The van der Waals surface area contributed by atoms with E-state index in [2.05, 4.69) is 15.8 Å². The molecule has 2 N–H and O–H groups in total. The van der Waals surface area contributed by atoms with Gasteiger partial charge in [0, 0.05) is 21.3 Å². The lowest BCUT2D eigenvalue weighted by atomic mass is 10.0. The Hall–Kier alpha value is -3.91. The molecule has 0 bridgehead atoms. The number of carbonyl (C=O) groups is 3. The van der Waals surface area contributed by atoms with Crippen LogP contribution < -0.4 is 15.5 Å². The molecule has 0 aliphatic carbocycles. The van der Waals surface area contributed by atoms with Crippen LogP contribution in [0.1, 0.15) is 15.9 Å². The quantitative estimate of drug-likeness (QED) is 0.105. The number of hydrogen-bond donors (Lipinski definition) is 2. The minimum Gasteiger partial charge on any atom is -0.422 e. The second kappa shape index (κ2) is 11.2. The number of anilines is 1. The number of halogens is 3. The molecule has 0 unspecified atom stereocenters. The maximum atomic E-state index is 12.8. The first-order chi connectivity index (χ1) is 17.3. The number of hydrazone groups is 1. The van der Waals surface area contributed by atoms with E-state index in [1.165, 1.54) is 24.4 Å². The zero-order valence-electron chi connectivity index (χ0n) is 18.3. The Morgan fingerprint density at radius 3 is 2.28 bits per heavy atom. The molecule has 0 fully saturated rings. The molecule has 4 aromatic carbocycles. The van der Waals surface area contributed by atoms with E-state index in [1.807, 2.05) is 12.1 Å². The van der Waals surface area contributed by atoms with Crippen LogP contribution in [0.15, 0.2) is 84.0 Å². The van der Waals surface area contributed by atoms with Crippen LogP contribution in [0.25, 0.3) is 10.8 Å². The monoisotopic (exact) mass is 539 g/mol. The molecule has 0 spiro atoms. The average molecular weight is 541 g/mol. The molecule has 0 aromatic heterocycles. The lowest BCUT2D eigenvalue weighted by Crippen LogP contribution is -2.32. The molecular weight excluding hydrogens is 525 g/mol. The Kier molecular flexibility index (Phi) is 7.85. The molecule has 0 saturated carbocycles. The Morgan fingerprint density at radius 2 is 1.53 bits per heavy atom. The lowest BCUT2D eigenvalue weighted by molar-refractivity contribution is -0.136. The van der Waals surface area contributed by atoms with E-state index >= 15 is 0 Å². The predicted molar refractivity (Wildman–Crippen MR) is 141 cm³/mol. The number of amides is 2. The molecule has 0 saturated heterocycles. The van der Waals surface area contributed by atoms with Crippen LogP contribution in [0, 0.1) is 0 Å². The van der Waals surface area contributed by atoms with Crippen molar-refractivity contribution in [3.8, 4) is 5.75 Å². The molecule has 10 heteroatoms. The van der Waals surface area contributed by atoms with E-state index in [0.717, 1.165) is 5.39 Å². The van der Waals surface area contributed by atoms with Crippen LogP contribution in [0.3, 0.4) is 0 Å². The van der Waals surface area contributed by atoms with Crippen LogP contribution in [0.5, 0.6) is 5.75 Å². The molecule has 36 heavy (non-hydrogen) atoms. The van der Waals surface area contributed by atoms with Gasteiger partial charge in [0.2, 0.25) is 0 Å². The van der Waals surface area contributed by atoms with Gasteiger partial charge in [0.15, 0.2) is 0 Å². The number of nitrogens with zero attached hydrogens (tertiary/aromatic N) is 1. The first-order valence-corrected chi connectivity index (χ1v) is 11.5. The van der Waals surface area contributed by atoms with Crippen LogP contribution in [0.4, 0.5) is 5.69 Å². The fraction of sp³-hybridized carbons (Fsp3) is 0. The van der Waals surface area contributed by atoms with Crippen molar-refractivity contribution < 1.29 is 19.1 Å². The standard InChI is InChI=1S/C26H16Cl3N3O4/c27-16-6-9-18(10-7-16)31-24(33)25(34)32-30-14-21-19-4-2-1-3-15(19)5-12-23(21)36-26(35)20-11-8-17(28)13-22(20)29/h1-14H,(H,31,33)(H,32,34). The number of benzene rings is 4. The highest BCUT2D eigenvalue weighted by molar-refractivity contribution is 6.39. The summed E-state index contributed by atoms with van der Waals surface area (Å²) in [5.41, 5.74) is 3.10. The number of esters is 1. The van der Waals surface area contributed by atoms with Gasteiger partial charge in [-0.1, -0.05) is 65.1 Å². The van der Waals surface area contributed by atoms with Gasteiger partial charge in [0.1, 0.15) is 5.75 Å². The third-order valence-corrected chi connectivity index (χ3v) is 5.75. The highest BCUT2D eigenvalue weighted by atomic mass is 35.5. The predicted octanol–water partition coefficient (Wildman–Crippen LogP) is 6.11. The maximum absolute atomic E-state index is 12.8. The van der Waals surface area contributed by atoms with E-state index in [0.29, 0.717) is 26.7 Å². The maximum Gasteiger partial charge on any atom is 0.345 e. The number of fused-ring (bicyclic) bond motifs is 1. The van der Waals surface area contributed by atoms with Crippen LogP contribution in [-0.2, 0) is 9.59 Å². The molecule has 0 aliphatic rings. The molecule has 2 amide bonds. The molecule has 0 radical (unpaired) electrons. The third kappa shape index (κ3) is 6.01. The van der Waals surface area contributed by atoms with Crippen molar-refractivity contribution >= 4 is 75.3 Å². The summed E-state index contributed by atoms with van der Waals surface area (Å²) in [7, 11) is 0. The van der Waals surface area contributed by atoms with Gasteiger partial charge in [-0.15, -0.1) is 0 Å². The average Bonchev–Trinajstić information content (AvgIpc) is 2.86. The molecule has 0 atom stereocenters. The Morgan fingerprint density at radius 1 is 0.806 bits per heavy atom. The molecule has 4 rings (SSSR count). The number of hydrogen-bond acceptors (Lipinski definition) is 5. The first-order valence-electron chi connectivity index (χ1n) is 10.4. The summed E-state index contributed by atoms with van der Waals surface area (Å²) in [4.78, 5) is 37.1. The summed E-state index contributed by atoms with van der Waals surface area (Å²) < 4.78 is 5.59. The van der Waals surface area contributed by atoms with Crippen molar-refractivity contribution in [2.24, 2.45) is 5.10 Å². The molecule has 0 heterocycles. The minimum absolute atomic E-state index is 0.129. The Bertz CT molecular complexity index is 1500. The molecular formula is C26H16Cl3N3O4. The largest absolute Gasteiger partial charge is 0.422 e. The van der Waals surface area contributed by atoms with Crippen LogP contribution in [0.2, 0.25) is 15.1 Å². The van der Waals surface area contributed by atoms with Gasteiger partial charge >= 0.3 is 17.8 Å². The van der Waals surface area contributed by atoms with Crippen molar-refractivity contribution in [3.63, 3.8) is 0 Å². The first kappa shape index (κ1) is 25.2. The summed E-state index contributed by atoms with van der Waals surface area (Å²) in [5.74, 6) is -2.44. The van der Waals surface area contributed by atoms with E-state index in [9.17, 15) is 14.4 Å². The van der Waals surface area contributed by atoms with Gasteiger partial charge in [-0.2, -0.15) is 5.10 Å². The van der Waals surface area contributed by atoms with Crippen LogP contribution >= 0.6 is 34.8 Å². The summed E-state index contributed by atoms with van der Waals surface area (Å²) in [6, 6.07) is 21.4. The zero-order valence-corrected chi connectivity index (χ0v) is 20.6. The molecule has 7 nitrogen and oxygen atoms in total. The lowest BCUT2D eigenvalue weighted by Gasteiger charge is -2.11. The Balaban J connectivity index is 1.55. The summed E-state index contributed by atoms with van der Waals surface area (Å²) in [6.07, 6.45) is 1.29. The number of rotatable bonds is 5. The number of ether oxygens (including phenoxy) is 1. The zero-order chi connectivity index (χ0) is 25.7. The van der Waals surface area contributed by atoms with E-state index in [1.54, 1.807) is 48.5 Å². The van der Waals surface area contributed by atoms with Crippen molar-refractivity contribution in [2.45, 2.75) is 0 Å². The van der Waals surface area contributed by atoms with E-state index in [-0.39, 0.29) is 16.3 Å². The van der Waals surface area contributed by atoms with Gasteiger partial charge in [-0.25, -0.2) is 10.2 Å². The van der Waals surface area contributed by atoms with Crippen LogP contribution in [-0.4, -0.2) is 24.0 Å². The Labute approximate surface area is 220 Å². The van der Waals surface area contributed by atoms with Crippen molar-refractivity contribution in [1.29, 1.82) is 0 Å². The molecule has 180 valence electrons. The molecule has 4 aromatic rings. The summed E-state index contributed by atoms with van der Waals surface area (Å²) in [5, 5.41) is 8.89. The smallest absolute Gasteiger partial charge is 0.345 e. The SMILES string of the molecule is O=C(NN=Cc1c(OC(=O)c2ccc(Cl)cc2Cl)ccc2ccccc12)C(=O)Nc1ccc(Cl)cc1. The second-order valence-corrected chi connectivity index (χ2v) is 8.65. The van der Waals surface area contributed by atoms with Gasteiger partial charge in [-0.3, -0.25) is 9.59 Å². The van der Waals surface area contributed by atoms with Crippen molar-refractivity contribution in [2.75, 3.05) is 5.32 Å². The van der Waals surface area contributed by atoms with Gasteiger partial charge < -0.3 is 10.1 Å². The van der Waals surface area contributed by atoms with Gasteiger partial charge in [0.05, 0.1) is 16.8 Å². The third-order valence-electron chi connectivity index (χ3n) is 4.95. The normalized spacial score (nSPS) is 10.9. The fourth-order valence-corrected chi connectivity index (χ4v) is 3.85. The second-order valence-electron chi connectivity index (χ2n) is 7.37. The number of nitrogens with one attached hydrogen (secondary N) is 2. The number of carbonyl (C=O) groups excluding carboxylic acids is 3. The van der Waals surface area contributed by atoms with E-state index < -0.39 is 17.8 Å². The fourth-order valence-electron chi connectivity index (χ4n) is 3.23. The highest BCUT2D eigenvalue weighted by Gasteiger charge is 2.17. The van der Waals surface area contributed by atoms with Gasteiger partial charge in [-0.05, 0) is 59.3 Å². The van der Waals surface area contributed by atoms with Crippen molar-refractivity contribution in [3.05, 3.63) is 105 Å². The summed E-state index contributed by atoms with van der Waals surface area (Å²) in [6.45, 7) is 0. The van der Waals surface area contributed by atoms with Crippen molar-refractivity contribution in [1.82, 2.24) is 5.43 Å². The molecule has 0 aliphatic heterocycles.